The average Bonchev–Trinajstić information content (AvgIpc) is 3.31. The third-order valence-corrected chi connectivity index (χ3v) is 7.73. The van der Waals surface area contributed by atoms with Crippen LogP contribution in [-0.4, -0.2) is 35.6 Å². The van der Waals surface area contributed by atoms with Gasteiger partial charge in [-0.1, -0.05) is 26.0 Å². The second kappa shape index (κ2) is 7.93. The van der Waals surface area contributed by atoms with E-state index in [1.807, 2.05) is 0 Å². The van der Waals surface area contributed by atoms with Crippen LogP contribution in [0.1, 0.15) is 74.8 Å². The topological polar surface area (TPSA) is 53.1 Å². The van der Waals surface area contributed by atoms with Gasteiger partial charge in [0.05, 0.1) is 0 Å². The maximum absolute atomic E-state index is 4.86. The zero-order chi connectivity index (χ0) is 20.7. The van der Waals surface area contributed by atoms with Gasteiger partial charge in [0.15, 0.2) is 0 Å². The fourth-order valence-corrected chi connectivity index (χ4v) is 5.81. The van der Waals surface area contributed by atoms with E-state index in [9.17, 15) is 0 Å². The minimum absolute atomic E-state index is 0.216. The first kappa shape index (κ1) is 20.0. The van der Waals surface area contributed by atoms with E-state index in [0.717, 1.165) is 44.8 Å². The molecule has 1 spiro atoms. The number of rotatable bonds is 5. The summed E-state index contributed by atoms with van der Waals surface area (Å²) in [5, 5.41) is 7.33. The summed E-state index contributed by atoms with van der Waals surface area (Å²) < 4.78 is 0. The lowest BCUT2D eigenvalue weighted by Gasteiger charge is -2.36. The van der Waals surface area contributed by atoms with Crippen LogP contribution in [0.15, 0.2) is 24.5 Å². The molecule has 0 bridgehead atoms. The van der Waals surface area contributed by atoms with Crippen LogP contribution < -0.4 is 15.5 Å². The lowest BCUT2D eigenvalue weighted by Crippen LogP contribution is -2.43. The summed E-state index contributed by atoms with van der Waals surface area (Å²) in [5.41, 5.74) is 7.28. The number of aryl methyl sites for hydroxylation is 1. The predicted octanol–water partition coefficient (Wildman–Crippen LogP) is 4.19. The van der Waals surface area contributed by atoms with Crippen LogP contribution in [0.25, 0.3) is 0 Å². The van der Waals surface area contributed by atoms with E-state index in [-0.39, 0.29) is 5.41 Å². The van der Waals surface area contributed by atoms with Crippen molar-refractivity contribution in [2.75, 3.05) is 24.5 Å². The third kappa shape index (κ3) is 3.23. The molecular weight excluding hydrogens is 370 g/mol. The van der Waals surface area contributed by atoms with Crippen molar-refractivity contribution < 1.29 is 0 Å². The Morgan fingerprint density at radius 2 is 2.10 bits per heavy atom. The van der Waals surface area contributed by atoms with Crippen LogP contribution in [0.5, 0.6) is 0 Å². The highest BCUT2D eigenvalue weighted by Crippen LogP contribution is 2.52. The molecule has 160 valence electrons. The number of hydrogen-bond donors (Lipinski definition) is 2. The normalized spacial score (nSPS) is 22.9. The first-order chi connectivity index (χ1) is 14.6. The molecule has 1 aromatic carbocycles. The minimum Gasteiger partial charge on any atom is -0.325 e. The molecule has 3 aliphatic rings. The molecule has 1 saturated heterocycles. The lowest BCUT2D eigenvalue weighted by molar-refractivity contribution is 0.326. The van der Waals surface area contributed by atoms with E-state index in [2.05, 4.69) is 59.5 Å². The van der Waals surface area contributed by atoms with Crippen molar-refractivity contribution in [3.05, 3.63) is 46.9 Å². The Morgan fingerprint density at radius 1 is 1.27 bits per heavy atom. The van der Waals surface area contributed by atoms with Gasteiger partial charge in [-0.25, -0.2) is 9.97 Å². The summed E-state index contributed by atoms with van der Waals surface area (Å²) in [6.45, 7) is 11.0. The Hall–Kier alpha value is -1.98. The summed E-state index contributed by atoms with van der Waals surface area (Å²) in [4.78, 5) is 12.0. The largest absolute Gasteiger partial charge is 0.325 e. The van der Waals surface area contributed by atoms with Crippen molar-refractivity contribution in [3.63, 3.8) is 0 Å². The maximum Gasteiger partial charge on any atom is 0.140 e. The highest BCUT2D eigenvalue weighted by Gasteiger charge is 2.46. The van der Waals surface area contributed by atoms with Gasteiger partial charge in [-0.05, 0) is 75.2 Å². The molecule has 1 unspecified atom stereocenters. The van der Waals surface area contributed by atoms with Crippen molar-refractivity contribution in [1.29, 1.82) is 0 Å². The van der Waals surface area contributed by atoms with Crippen molar-refractivity contribution in [1.82, 2.24) is 20.6 Å². The molecule has 2 N–H and O–H groups in total. The highest BCUT2D eigenvalue weighted by atomic mass is 15.2. The van der Waals surface area contributed by atoms with Crippen molar-refractivity contribution in [2.45, 2.75) is 76.8 Å². The minimum atomic E-state index is 0.216. The predicted molar refractivity (Wildman–Crippen MR) is 123 cm³/mol. The number of piperidine rings is 1. The Morgan fingerprint density at radius 3 is 2.90 bits per heavy atom. The summed E-state index contributed by atoms with van der Waals surface area (Å²) in [5.74, 6) is 1.70. The zero-order valence-corrected chi connectivity index (χ0v) is 18.7. The molecule has 30 heavy (non-hydrogen) atoms. The van der Waals surface area contributed by atoms with E-state index >= 15 is 0 Å². The number of nitrogens with zero attached hydrogens (tertiary/aromatic N) is 3. The average molecular weight is 406 g/mol. The van der Waals surface area contributed by atoms with E-state index < -0.39 is 0 Å². The second-order valence-corrected chi connectivity index (χ2v) is 9.62. The van der Waals surface area contributed by atoms with Crippen LogP contribution in [0, 0.1) is 0 Å². The van der Waals surface area contributed by atoms with Gasteiger partial charge in [-0.15, -0.1) is 0 Å². The Labute approximate surface area is 180 Å². The number of nitrogens with one attached hydrogen (secondary N) is 2. The molecule has 2 aromatic rings. The standard InChI is InChI=1S/C25H35N5/c1-4-18(3)27-14-19-6-5-7-21-23(19)25(10-12-26-13-11-25)15-30(21)24-22-17(2)8-9-20(22)28-16-29-24/h5-7,16-18,26-27H,4,8-15H2,1-3H3/t17-,18?/m1/s1. The van der Waals surface area contributed by atoms with Crippen molar-refractivity contribution >= 4 is 11.5 Å². The molecular formula is C25H35N5. The second-order valence-electron chi connectivity index (χ2n) is 9.62. The number of benzene rings is 1. The quantitative estimate of drug-likeness (QED) is 0.781. The van der Waals surface area contributed by atoms with Crippen LogP contribution in [0.4, 0.5) is 11.5 Å². The number of anilines is 2. The van der Waals surface area contributed by atoms with Gasteiger partial charge in [0, 0.05) is 41.5 Å². The van der Waals surface area contributed by atoms with Gasteiger partial charge in [-0.3, -0.25) is 0 Å². The van der Waals surface area contributed by atoms with Crippen LogP contribution in [0.3, 0.4) is 0 Å². The number of fused-ring (bicyclic) bond motifs is 3. The summed E-state index contributed by atoms with van der Waals surface area (Å²) in [7, 11) is 0. The molecule has 0 radical (unpaired) electrons. The van der Waals surface area contributed by atoms with Crippen molar-refractivity contribution in [3.8, 4) is 0 Å². The van der Waals surface area contributed by atoms with Crippen LogP contribution in [0.2, 0.25) is 0 Å². The molecule has 5 heteroatoms. The third-order valence-electron chi connectivity index (χ3n) is 7.73. The first-order valence-electron chi connectivity index (χ1n) is 11.8. The van der Waals surface area contributed by atoms with Crippen LogP contribution >= 0.6 is 0 Å². The number of hydrogen-bond acceptors (Lipinski definition) is 5. The van der Waals surface area contributed by atoms with E-state index in [1.165, 1.54) is 41.8 Å². The summed E-state index contributed by atoms with van der Waals surface area (Å²) >= 11 is 0. The SMILES string of the molecule is CCC(C)NCc1cccc2c1C1(CCNCC1)CN2c1ncnc2c1[C@H](C)CC2. The molecule has 1 aliphatic carbocycles. The fraction of sp³-hybridized carbons (Fsp3) is 0.600. The first-order valence-corrected chi connectivity index (χ1v) is 11.8. The number of aromatic nitrogens is 2. The van der Waals surface area contributed by atoms with Gasteiger partial charge >= 0.3 is 0 Å². The Bertz CT molecular complexity index is 918. The van der Waals surface area contributed by atoms with E-state index in [1.54, 1.807) is 11.9 Å². The fourth-order valence-electron chi connectivity index (χ4n) is 5.81. The van der Waals surface area contributed by atoms with Gasteiger partial charge in [-0.2, -0.15) is 0 Å². The highest BCUT2D eigenvalue weighted by molar-refractivity contribution is 5.75. The van der Waals surface area contributed by atoms with Crippen LogP contribution in [-0.2, 0) is 18.4 Å². The molecule has 0 saturated carbocycles. The van der Waals surface area contributed by atoms with E-state index in [0.29, 0.717) is 12.0 Å². The molecule has 2 atom stereocenters. The maximum atomic E-state index is 4.86. The zero-order valence-electron chi connectivity index (χ0n) is 18.7. The Kier molecular flexibility index (Phi) is 5.28. The molecule has 5 nitrogen and oxygen atoms in total. The molecule has 3 heterocycles. The van der Waals surface area contributed by atoms with Gasteiger partial charge < -0.3 is 15.5 Å². The smallest absolute Gasteiger partial charge is 0.140 e. The van der Waals surface area contributed by atoms with Crippen molar-refractivity contribution in [2.24, 2.45) is 0 Å². The summed E-state index contributed by atoms with van der Waals surface area (Å²) in [6.07, 6.45) is 7.60. The molecule has 2 aliphatic heterocycles. The molecule has 5 rings (SSSR count). The van der Waals surface area contributed by atoms with Gasteiger partial charge in [0.1, 0.15) is 12.1 Å². The lowest BCUT2D eigenvalue weighted by atomic mass is 9.73. The van der Waals surface area contributed by atoms with E-state index in [4.69, 9.17) is 4.98 Å². The Balaban J connectivity index is 1.60. The monoisotopic (exact) mass is 405 g/mol. The molecule has 1 aromatic heterocycles. The van der Waals surface area contributed by atoms with Gasteiger partial charge in [0.2, 0.25) is 0 Å². The molecule has 0 amide bonds. The van der Waals surface area contributed by atoms with Gasteiger partial charge in [0.25, 0.3) is 0 Å². The summed E-state index contributed by atoms with van der Waals surface area (Å²) in [6, 6.07) is 7.44. The molecule has 1 fully saturated rings.